The number of H-pyrrole nitrogens is 1. The first-order valence-corrected chi connectivity index (χ1v) is 8.07. The number of nitrogens with zero attached hydrogens (tertiary/aromatic N) is 4. The molecule has 0 aliphatic heterocycles. The van der Waals surface area contributed by atoms with Gasteiger partial charge in [0.05, 0.1) is 29.9 Å². The third-order valence-corrected chi connectivity index (χ3v) is 4.16. The summed E-state index contributed by atoms with van der Waals surface area (Å²) < 4.78 is 1.32. The summed E-state index contributed by atoms with van der Waals surface area (Å²) in [6.07, 6.45) is 1.39. The molecule has 2 heterocycles. The monoisotopic (exact) mass is 363 g/mol. The molecule has 1 N–H and O–H groups in total. The highest BCUT2D eigenvalue weighted by atomic mass is 16.7. The van der Waals surface area contributed by atoms with Crippen LogP contribution in [-0.4, -0.2) is 39.9 Å². The van der Waals surface area contributed by atoms with Gasteiger partial charge in [0.15, 0.2) is 5.82 Å². The van der Waals surface area contributed by atoms with Crippen molar-refractivity contribution < 1.29 is 9.63 Å². The lowest BCUT2D eigenvalue weighted by Gasteiger charge is -2.13. The minimum atomic E-state index is -0.343. The van der Waals surface area contributed by atoms with Gasteiger partial charge in [-0.05, 0) is 36.8 Å². The van der Waals surface area contributed by atoms with Crippen LogP contribution in [0.4, 0.5) is 0 Å². The minimum Gasteiger partial charge on any atom is -0.293 e. The molecule has 0 saturated carbocycles. The molecule has 0 spiro atoms. The number of benzene rings is 1. The van der Waals surface area contributed by atoms with Gasteiger partial charge in [0.2, 0.25) is 0 Å². The van der Waals surface area contributed by atoms with Gasteiger partial charge >= 0.3 is 0 Å². The van der Waals surface area contributed by atoms with Crippen LogP contribution in [0.2, 0.25) is 0 Å². The molecule has 8 nitrogen and oxygen atoms in total. The molecule has 0 unspecified atom stereocenters. The first kappa shape index (κ1) is 18.1. The highest BCUT2D eigenvalue weighted by Crippen LogP contribution is 2.20. The summed E-state index contributed by atoms with van der Waals surface area (Å²) >= 11 is 0. The second-order valence-corrected chi connectivity index (χ2v) is 5.83. The first-order valence-electron chi connectivity index (χ1n) is 8.07. The number of aryl methyl sites for hydroxylation is 1. The number of hydrogen-bond donors (Lipinski definition) is 1. The number of carbonyl (C=O) groups excluding carboxylic acids is 1. The van der Waals surface area contributed by atoms with E-state index in [4.69, 9.17) is 10.1 Å². The fraction of sp³-hybridized carbons (Fsp3) is 0.158. The highest BCUT2D eigenvalue weighted by molar-refractivity contribution is 5.93. The van der Waals surface area contributed by atoms with Gasteiger partial charge < -0.3 is 0 Å². The summed E-state index contributed by atoms with van der Waals surface area (Å²) in [4.78, 5) is 34.0. The molecule has 0 fully saturated rings. The Balaban J connectivity index is 1.98. The number of hydroxylamine groups is 2. The van der Waals surface area contributed by atoms with Gasteiger partial charge in [0.1, 0.15) is 0 Å². The van der Waals surface area contributed by atoms with Crippen molar-refractivity contribution in [2.45, 2.75) is 6.92 Å². The van der Waals surface area contributed by atoms with Crippen molar-refractivity contribution in [1.82, 2.24) is 19.8 Å². The Hall–Kier alpha value is -3.70. The molecule has 27 heavy (non-hydrogen) atoms. The van der Waals surface area contributed by atoms with Crippen molar-refractivity contribution in [3.8, 4) is 23.0 Å². The van der Waals surface area contributed by atoms with Crippen molar-refractivity contribution in [3.63, 3.8) is 0 Å². The summed E-state index contributed by atoms with van der Waals surface area (Å²) in [7, 11) is 2.89. The second-order valence-electron chi connectivity index (χ2n) is 5.83. The number of carbonyl (C=O) groups is 1. The molecular weight excluding hydrogens is 346 g/mol. The van der Waals surface area contributed by atoms with Crippen LogP contribution in [0.1, 0.15) is 21.6 Å². The zero-order valence-corrected chi connectivity index (χ0v) is 15.1. The van der Waals surface area contributed by atoms with Gasteiger partial charge in [-0.1, -0.05) is 12.1 Å². The largest absolute Gasteiger partial charge is 0.293 e. The normalized spacial score (nSPS) is 10.4. The molecule has 1 aromatic carbocycles. The molecule has 0 saturated heterocycles. The SMILES string of the molecule is CON(C)C(=O)c1ccc(-n2[nH]c(C)c(-c3ccc(C#N)cc3)c2=O)nc1. The third kappa shape index (κ3) is 3.36. The van der Waals surface area contributed by atoms with E-state index in [2.05, 4.69) is 16.2 Å². The standard InChI is InChI=1S/C19H17N5O3/c1-12-17(14-6-4-13(10-20)5-7-14)19(26)24(22-12)16-9-8-15(11-21-16)18(25)23(2)27-3/h4-9,11,22H,1-3H3. The molecule has 0 aliphatic rings. The van der Waals surface area contributed by atoms with Gasteiger partial charge in [-0.3, -0.25) is 19.5 Å². The Morgan fingerprint density at radius 2 is 1.96 bits per heavy atom. The maximum atomic E-state index is 12.9. The molecule has 0 aliphatic carbocycles. The van der Waals surface area contributed by atoms with Gasteiger partial charge in [0.25, 0.3) is 11.5 Å². The van der Waals surface area contributed by atoms with E-state index in [0.29, 0.717) is 33.8 Å². The Morgan fingerprint density at radius 3 is 2.52 bits per heavy atom. The maximum absolute atomic E-state index is 12.9. The van der Waals surface area contributed by atoms with Crippen LogP contribution in [0.3, 0.4) is 0 Å². The molecule has 0 radical (unpaired) electrons. The molecule has 3 rings (SSSR count). The zero-order valence-electron chi connectivity index (χ0n) is 15.1. The Morgan fingerprint density at radius 1 is 1.26 bits per heavy atom. The Labute approximate surface area is 155 Å². The van der Waals surface area contributed by atoms with Gasteiger partial charge in [-0.25, -0.2) is 14.7 Å². The summed E-state index contributed by atoms with van der Waals surface area (Å²) in [5, 5.41) is 13.0. The lowest BCUT2D eigenvalue weighted by Crippen LogP contribution is -2.25. The number of pyridine rings is 1. The predicted molar refractivity (Wildman–Crippen MR) is 98.2 cm³/mol. The molecule has 3 aromatic rings. The van der Waals surface area contributed by atoms with Crippen LogP contribution in [0.25, 0.3) is 16.9 Å². The number of aromatic amines is 1. The zero-order chi connectivity index (χ0) is 19.6. The fourth-order valence-corrected chi connectivity index (χ4v) is 2.67. The van der Waals surface area contributed by atoms with E-state index < -0.39 is 0 Å². The smallest absolute Gasteiger partial charge is 0.280 e. The van der Waals surface area contributed by atoms with Crippen LogP contribution >= 0.6 is 0 Å². The third-order valence-electron chi connectivity index (χ3n) is 4.16. The lowest BCUT2D eigenvalue weighted by atomic mass is 10.1. The quantitative estimate of drug-likeness (QED) is 0.714. The van der Waals surface area contributed by atoms with E-state index in [9.17, 15) is 9.59 Å². The second kappa shape index (κ2) is 7.27. The van der Waals surface area contributed by atoms with Gasteiger partial charge in [-0.2, -0.15) is 5.26 Å². The van der Waals surface area contributed by atoms with Gasteiger partial charge in [-0.15, -0.1) is 0 Å². The van der Waals surface area contributed by atoms with E-state index in [0.717, 1.165) is 5.06 Å². The van der Waals surface area contributed by atoms with Crippen LogP contribution in [-0.2, 0) is 4.84 Å². The summed E-state index contributed by atoms with van der Waals surface area (Å²) in [6.45, 7) is 1.79. The average Bonchev–Trinajstić information content (AvgIpc) is 3.01. The molecule has 2 aromatic heterocycles. The number of nitriles is 1. The van der Waals surface area contributed by atoms with Crippen molar-refractivity contribution in [2.75, 3.05) is 14.2 Å². The van der Waals surface area contributed by atoms with E-state index in [-0.39, 0.29) is 11.5 Å². The summed E-state index contributed by atoms with van der Waals surface area (Å²) in [5.74, 6) is 0.0180. The number of aromatic nitrogens is 3. The fourth-order valence-electron chi connectivity index (χ4n) is 2.67. The topological polar surface area (TPSA) is 104 Å². The molecular formula is C19H17N5O3. The Kier molecular flexibility index (Phi) is 4.88. The number of amides is 1. The van der Waals surface area contributed by atoms with E-state index >= 15 is 0 Å². The predicted octanol–water partition coefficient (Wildman–Crippen LogP) is 2.04. The molecule has 136 valence electrons. The van der Waals surface area contributed by atoms with E-state index in [1.54, 1.807) is 43.3 Å². The van der Waals surface area contributed by atoms with Crippen molar-refractivity contribution >= 4 is 5.91 Å². The highest BCUT2D eigenvalue weighted by Gasteiger charge is 2.16. The van der Waals surface area contributed by atoms with Crippen molar-refractivity contribution in [1.29, 1.82) is 5.26 Å². The van der Waals surface area contributed by atoms with Gasteiger partial charge in [0, 0.05) is 18.9 Å². The van der Waals surface area contributed by atoms with Crippen LogP contribution in [0.5, 0.6) is 0 Å². The van der Waals surface area contributed by atoms with E-state index in [1.807, 2.05) is 0 Å². The van der Waals surface area contributed by atoms with Crippen LogP contribution < -0.4 is 5.56 Å². The van der Waals surface area contributed by atoms with Crippen molar-refractivity contribution in [3.05, 3.63) is 69.8 Å². The van der Waals surface area contributed by atoms with Crippen LogP contribution in [0, 0.1) is 18.3 Å². The molecule has 8 heteroatoms. The summed E-state index contributed by atoms with van der Waals surface area (Å²) in [6, 6.07) is 12.0. The summed E-state index contributed by atoms with van der Waals surface area (Å²) in [5.41, 5.74) is 2.48. The molecule has 0 atom stereocenters. The van der Waals surface area contributed by atoms with Crippen molar-refractivity contribution in [2.24, 2.45) is 0 Å². The number of nitrogens with one attached hydrogen (secondary N) is 1. The number of rotatable bonds is 4. The molecule has 1 amide bonds. The average molecular weight is 363 g/mol. The number of hydrogen-bond acceptors (Lipinski definition) is 5. The van der Waals surface area contributed by atoms with E-state index in [1.165, 1.54) is 25.0 Å². The Bertz CT molecular complexity index is 1070. The maximum Gasteiger partial charge on any atom is 0.280 e. The first-order chi connectivity index (χ1) is 13.0. The molecule has 0 bridgehead atoms. The minimum absolute atomic E-state index is 0.266. The van der Waals surface area contributed by atoms with Crippen LogP contribution in [0.15, 0.2) is 47.4 Å². The lowest BCUT2D eigenvalue weighted by molar-refractivity contribution is -0.0757.